The molecule has 1 atom stereocenters. The molecule has 0 unspecified atom stereocenters. The Kier molecular flexibility index (Phi) is 8.71. The van der Waals surface area contributed by atoms with Gasteiger partial charge in [-0.3, -0.25) is 14.4 Å². The van der Waals surface area contributed by atoms with Gasteiger partial charge in [0.2, 0.25) is 0 Å². The third kappa shape index (κ3) is 6.53. The predicted molar refractivity (Wildman–Crippen MR) is 151 cm³/mol. The number of phenols is 1. The molecule has 0 saturated carbocycles. The normalized spacial score (nSPS) is 13.7. The number of aldehydes is 1. The number of aromatic hydroxyl groups is 1. The molecule has 3 aromatic rings. The van der Waals surface area contributed by atoms with Gasteiger partial charge >= 0.3 is 5.97 Å². The van der Waals surface area contributed by atoms with Crippen molar-refractivity contribution in [3.63, 3.8) is 0 Å². The summed E-state index contributed by atoms with van der Waals surface area (Å²) in [6.45, 7) is 0.346. The number of fused-ring (bicyclic) bond motifs is 1. The minimum atomic E-state index is -3.52. The molecule has 0 aromatic heterocycles. The van der Waals surface area contributed by atoms with Crippen LogP contribution in [0.15, 0.2) is 53.4 Å². The van der Waals surface area contributed by atoms with Crippen LogP contribution < -0.4 is 5.32 Å². The fourth-order valence-corrected chi connectivity index (χ4v) is 6.02. The van der Waals surface area contributed by atoms with Crippen molar-refractivity contribution < 1.29 is 37.8 Å². The van der Waals surface area contributed by atoms with Crippen molar-refractivity contribution in [1.82, 2.24) is 10.2 Å². The van der Waals surface area contributed by atoms with Crippen LogP contribution >= 0.6 is 23.2 Å². The lowest BCUT2D eigenvalue weighted by molar-refractivity contribution is -0.139. The van der Waals surface area contributed by atoms with Crippen molar-refractivity contribution in [2.75, 3.05) is 12.8 Å². The van der Waals surface area contributed by atoms with Crippen molar-refractivity contribution >= 4 is 57.1 Å². The number of benzene rings is 3. The zero-order valence-electron chi connectivity index (χ0n) is 21.6. The fourth-order valence-electron chi connectivity index (χ4n) is 4.56. The first-order chi connectivity index (χ1) is 19.3. The molecule has 214 valence electrons. The summed E-state index contributed by atoms with van der Waals surface area (Å²) >= 11 is 13.0. The van der Waals surface area contributed by atoms with Crippen LogP contribution in [0.25, 0.3) is 0 Å². The van der Waals surface area contributed by atoms with Gasteiger partial charge in [0.1, 0.15) is 11.8 Å². The number of carboxylic acids is 1. The Balaban J connectivity index is 1.54. The highest BCUT2D eigenvalue weighted by atomic mass is 35.5. The summed E-state index contributed by atoms with van der Waals surface area (Å²) < 4.78 is 23.7. The van der Waals surface area contributed by atoms with Crippen LogP contribution in [-0.2, 0) is 34.0 Å². The van der Waals surface area contributed by atoms with E-state index in [1.807, 2.05) is 0 Å². The van der Waals surface area contributed by atoms with Crippen LogP contribution in [0.1, 0.15) is 47.8 Å². The zero-order valence-corrected chi connectivity index (χ0v) is 23.9. The van der Waals surface area contributed by atoms with E-state index in [1.165, 1.54) is 47.4 Å². The van der Waals surface area contributed by atoms with Gasteiger partial charge in [-0.2, -0.15) is 0 Å². The highest BCUT2D eigenvalue weighted by molar-refractivity contribution is 7.90. The maximum absolute atomic E-state index is 13.2. The molecule has 1 aliphatic heterocycles. The summed E-state index contributed by atoms with van der Waals surface area (Å²) in [5.74, 6) is -2.86. The predicted octanol–water partition coefficient (Wildman–Crippen LogP) is 3.54. The number of carbonyl (C=O) groups excluding carboxylic acids is 3. The molecule has 0 spiro atoms. The van der Waals surface area contributed by atoms with E-state index in [-0.39, 0.29) is 69.2 Å². The summed E-state index contributed by atoms with van der Waals surface area (Å²) in [6, 6.07) is 9.87. The van der Waals surface area contributed by atoms with Gasteiger partial charge in [-0.15, -0.1) is 0 Å². The summed E-state index contributed by atoms with van der Waals surface area (Å²) in [6.07, 6.45) is 1.60. The first-order valence-electron chi connectivity index (χ1n) is 12.2. The number of phenolic OH excluding ortho intramolecular Hbond substituents is 1. The molecular weight excluding hydrogens is 595 g/mol. The Bertz CT molecular complexity index is 1690. The molecule has 13 heteroatoms. The monoisotopic (exact) mass is 618 g/mol. The Morgan fingerprint density at radius 1 is 1.12 bits per heavy atom. The van der Waals surface area contributed by atoms with Gasteiger partial charge in [-0.25, -0.2) is 13.2 Å². The quantitative estimate of drug-likeness (QED) is 0.323. The van der Waals surface area contributed by atoms with Crippen LogP contribution in [0, 0.1) is 0 Å². The van der Waals surface area contributed by atoms with Crippen molar-refractivity contribution in [1.29, 1.82) is 0 Å². The smallest absolute Gasteiger partial charge is 0.326 e. The number of halogens is 2. The lowest BCUT2D eigenvalue weighted by Crippen LogP contribution is -2.42. The highest BCUT2D eigenvalue weighted by Crippen LogP contribution is 2.35. The molecule has 0 fully saturated rings. The molecule has 1 heterocycles. The number of nitrogens with one attached hydrogen (secondary N) is 1. The number of hydrogen-bond acceptors (Lipinski definition) is 7. The maximum Gasteiger partial charge on any atom is 0.326 e. The Morgan fingerprint density at radius 3 is 2.49 bits per heavy atom. The number of rotatable bonds is 8. The second-order valence-electron chi connectivity index (χ2n) is 9.54. The number of hydrogen-bond donors (Lipinski definition) is 3. The van der Waals surface area contributed by atoms with E-state index in [0.29, 0.717) is 23.0 Å². The van der Waals surface area contributed by atoms with E-state index in [1.54, 1.807) is 6.07 Å². The molecule has 41 heavy (non-hydrogen) atoms. The van der Waals surface area contributed by atoms with E-state index in [0.717, 1.165) is 6.26 Å². The van der Waals surface area contributed by atoms with Crippen LogP contribution in [-0.4, -0.2) is 66.4 Å². The second-order valence-corrected chi connectivity index (χ2v) is 12.3. The van der Waals surface area contributed by atoms with Crippen LogP contribution in [0.3, 0.4) is 0 Å². The summed E-state index contributed by atoms with van der Waals surface area (Å²) in [5.41, 5.74) is 1.70. The van der Waals surface area contributed by atoms with Gasteiger partial charge in [0.25, 0.3) is 11.8 Å². The highest BCUT2D eigenvalue weighted by Gasteiger charge is 2.30. The summed E-state index contributed by atoms with van der Waals surface area (Å²) in [4.78, 5) is 50.7. The molecule has 2 amide bonds. The number of sulfone groups is 1. The molecule has 0 saturated heterocycles. The molecule has 0 radical (unpaired) electrons. The number of nitrogens with zero attached hydrogens (tertiary/aromatic N) is 1. The van der Waals surface area contributed by atoms with Gasteiger partial charge in [0.05, 0.1) is 26.1 Å². The van der Waals surface area contributed by atoms with Crippen molar-refractivity contribution in [3.05, 3.63) is 92.0 Å². The number of carboxylic acid groups (broad SMARTS) is 1. The molecular formula is C28H24Cl2N2O8S. The number of amides is 2. The van der Waals surface area contributed by atoms with Crippen LogP contribution in [0.5, 0.6) is 5.75 Å². The Morgan fingerprint density at radius 2 is 1.85 bits per heavy atom. The SMILES string of the molecule is CS(=O)(=O)c1cccc(C[C@H](NC(=O)c2c(Cl)cc3c(c2Cl)CCN(C(=O)c2ccc(C=O)c(O)c2)C3)C(=O)O)c1. The third-order valence-corrected chi connectivity index (χ3v) is 8.52. The third-order valence-electron chi connectivity index (χ3n) is 6.69. The fraction of sp³-hybridized carbons (Fsp3) is 0.214. The largest absolute Gasteiger partial charge is 0.507 e. The average molecular weight is 619 g/mol. The number of aliphatic carboxylic acids is 1. The van der Waals surface area contributed by atoms with Gasteiger partial charge in [0, 0.05) is 31.3 Å². The Labute approximate surface area is 245 Å². The molecule has 4 rings (SSSR count). The molecule has 3 N–H and O–H groups in total. The van der Waals surface area contributed by atoms with Crippen molar-refractivity contribution in [2.24, 2.45) is 0 Å². The van der Waals surface area contributed by atoms with Crippen molar-refractivity contribution in [2.45, 2.75) is 30.3 Å². The minimum Gasteiger partial charge on any atom is -0.507 e. The van der Waals surface area contributed by atoms with Gasteiger partial charge in [-0.05, 0) is 59.5 Å². The standard InChI is InChI=1S/C28H24Cl2N2O8S/c1-41(39,40)19-4-2-3-15(9-19)10-22(28(37)38)31-26(35)24-21(29)11-18-13-32(8-7-20(18)25(24)30)27(36)16-5-6-17(14-33)23(34)12-16/h2-6,9,11-12,14,22,34H,7-8,10,13H2,1H3,(H,31,35)(H,37,38)/t22-/m0/s1. The van der Waals surface area contributed by atoms with E-state index in [9.17, 15) is 37.8 Å². The maximum atomic E-state index is 13.2. The summed E-state index contributed by atoms with van der Waals surface area (Å²) in [5, 5.41) is 22.1. The lowest BCUT2D eigenvalue weighted by Gasteiger charge is -2.30. The van der Waals surface area contributed by atoms with E-state index < -0.39 is 27.8 Å². The van der Waals surface area contributed by atoms with Crippen molar-refractivity contribution in [3.8, 4) is 5.75 Å². The zero-order chi connectivity index (χ0) is 30.1. The molecule has 3 aromatic carbocycles. The van der Waals surface area contributed by atoms with Gasteiger partial charge in [-0.1, -0.05) is 35.3 Å². The van der Waals surface area contributed by atoms with E-state index in [4.69, 9.17) is 23.2 Å². The first-order valence-corrected chi connectivity index (χ1v) is 14.8. The average Bonchev–Trinajstić information content (AvgIpc) is 2.91. The minimum absolute atomic E-state index is 0.0218. The summed E-state index contributed by atoms with van der Waals surface area (Å²) in [7, 11) is -3.52. The number of carbonyl (C=O) groups is 4. The molecule has 0 bridgehead atoms. The Hall–Kier alpha value is -3.93. The van der Waals surface area contributed by atoms with Crippen LogP contribution in [0.2, 0.25) is 10.0 Å². The molecule has 1 aliphatic rings. The molecule has 0 aliphatic carbocycles. The topological polar surface area (TPSA) is 158 Å². The van der Waals surface area contributed by atoms with E-state index in [2.05, 4.69) is 5.32 Å². The van der Waals surface area contributed by atoms with Gasteiger partial charge < -0.3 is 20.4 Å². The van der Waals surface area contributed by atoms with Gasteiger partial charge in [0.15, 0.2) is 16.1 Å². The van der Waals surface area contributed by atoms with Crippen LogP contribution in [0.4, 0.5) is 0 Å². The second kappa shape index (κ2) is 11.9. The lowest BCUT2D eigenvalue weighted by atomic mass is 9.95. The first kappa shape index (κ1) is 30.0. The molecule has 10 nitrogen and oxygen atoms in total. The van der Waals surface area contributed by atoms with E-state index >= 15 is 0 Å².